The molecule has 0 saturated carbocycles. The quantitative estimate of drug-likeness (QED) is 0.506. The van der Waals surface area contributed by atoms with Gasteiger partial charge in [0.15, 0.2) is 11.5 Å². The summed E-state index contributed by atoms with van der Waals surface area (Å²) in [5.74, 6) is -0.376. The molecule has 1 saturated heterocycles. The van der Waals surface area contributed by atoms with Crippen LogP contribution < -0.4 is 15.2 Å². The fraction of sp³-hybridized carbons (Fsp3) is 0.190. The molecule has 162 valence electrons. The number of primary amides is 1. The van der Waals surface area contributed by atoms with E-state index in [-0.39, 0.29) is 11.5 Å². The number of nitrogens with two attached hydrogens (primary N) is 1. The molecule has 0 unspecified atom stereocenters. The lowest BCUT2D eigenvalue weighted by molar-refractivity contribution is -0.127. The molecule has 31 heavy (non-hydrogen) atoms. The van der Waals surface area contributed by atoms with Gasteiger partial charge in [-0.3, -0.25) is 19.3 Å². The minimum Gasteiger partial charge on any atom is -0.490 e. The van der Waals surface area contributed by atoms with Crippen molar-refractivity contribution in [2.24, 2.45) is 5.73 Å². The van der Waals surface area contributed by atoms with Crippen LogP contribution in [0.5, 0.6) is 11.5 Å². The number of imide groups is 1. The van der Waals surface area contributed by atoms with Gasteiger partial charge in [0, 0.05) is 10.6 Å². The average molecular weight is 526 g/mol. The molecule has 1 heterocycles. The van der Waals surface area contributed by atoms with E-state index < -0.39 is 23.6 Å². The number of ether oxygens (including phenoxy) is 2. The van der Waals surface area contributed by atoms with Crippen molar-refractivity contribution in [1.29, 1.82) is 0 Å². The van der Waals surface area contributed by atoms with Crippen LogP contribution in [0, 0.1) is 0 Å². The van der Waals surface area contributed by atoms with Gasteiger partial charge in [0.2, 0.25) is 5.91 Å². The third kappa shape index (κ3) is 5.61. The standard InChI is InChI=1S/C21H18BrClN2O5S/c1-2-29-16-8-12(9-17-20(27)25(10-18(24)26)21(28)31-17)7-14(22)19(16)30-11-13-5-3-4-6-15(13)23/h3-9H,2,10-11H2,1H3,(H2,24,26)/b17-9-. The highest BCUT2D eigenvalue weighted by molar-refractivity contribution is 9.10. The highest BCUT2D eigenvalue weighted by atomic mass is 79.9. The summed E-state index contributed by atoms with van der Waals surface area (Å²) in [6.07, 6.45) is 1.55. The molecule has 2 aromatic carbocycles. The van der Waals surface area contributed by atoms with Crippen LogP contribution in [0.15, 0.2) is 45.8 Å². The van der Waals surface area contributed by atoms with E-state index in [1.807, 2.05) is 25.1 Å². The number of carbonyl (C=O) groups is 3. The molecule has 2 N–H and O–H groups in total. The lowest BCUT2D eigenvalue weighted by atomic mass is 10.1. The van der Waals surface area contributed by atoms with Crippen molar-refractivity contribution in [2.45, 2.75) is 13.5 Å². The summed E-state index contributed by atoms with van der Waals surface area (Å²) in [5.41, 5.74) is 6.55. The van der Waals surface area contributed by atoms with Crippen molar-refractivity contribution in [2.75, 3.05) is 13.2 Å². The number of nitrogens with zero attached hydrogens (tertiary/aromatic N) is 1. The van der Waals surface area contributed by atoms with Gasteiger partial charge in [0.05, 0.1) is 16.0 Å². The summed E-state index contributed by atoms with van der Waals surface area (Å²) in [6, 6.07) is 10.8. The van der Waals surface area contributed by atoms with Crippen LogP contribution in [0.2, 0.25) is 5.02 Å². The summed E-state index contributed by atoms with van der Waals surface area (Å²) in [4.78, 5) is 36.6. The summed E-state index contributed by atoms with van der Waals surface area (Å²) in [7, 11) is 0. The molecule has 2 aromatic rings. The lowest BCUT2D eigenvalue weighted by Crippen LogP contribution is -2.36. The van der Waals surface area contributed by atoms with Gasteiger partial charge in [0.1, 0.15) is 13.2 Å². The van der Waals surface area contributed by atoms with E-state index >= 15 is 0 Å². The smallest absolute Gasteiger partial charge is 0.294 e. The molecular weight excluding hydrogens is 508 g/mol. The third-order valence-corrected chi connectivity index (χ3v) is 6.01. The third-order valence-electron chi connectivity index (χ3n) is 4.15. The predicted molar refractivity (Wildman–Crippen MR) is 123 cm³/mol. The van der Waals surface area contributed by atoms with Gasteiger partial charge in [-0.25, -0.2) is 0 Å². The fourth-order valence-electron chi connectivity index (χ4n) is 2.78. The second-order valence-electron chi connectivity index (χ2n) is 6.38. The molecule has 3 rings (SSSR count). The van der Waals surface area contributed by atoms with E-state index in [0.717, 1.165) is 22.2 Å². The number of amides is 3. The Morgan fingerprint density at radius 1 is 1.26 bits per heavy atom. The van der Waals surface area contributed by atoms with Crippen molar-refractivity contribution in [3.8, 4) is 11.5 Å². The number of hydrogen-bond acceptors (Lipinski definition) is 6. The fourth-order valence-corrected chi connectivity index (χ4v) is 4.39. The largest absolute Gasteiger partial charge is 0.490 e. The molecule has 3 amide bonds. The van der Waals surface area contributed by atoms with Crippen LogP contribution in [-0.4, -0.2) is 35.1 Å². The maximum atomic E-state index is 12.4. The zero-order chi connectivity index (χ0) is 22.5. The van der Waals surface area contributed by atoms with Crippen molar-refractivity contribution in [3.63, 3.8) is 0 Å². The first-order valence-electron chi connectivity index (χ1n) is 9.16. The predicted octanol–water partition coefficient (Wildman–Crippen LogP) is 4.60. The van der Waals surface area contributed by atoms with E-state index in [1.54, 1.807) is 24.3 Å². The highest BCUT2D eigenvalue weighted by Crippen LogP contribution is 2.40. The van der Waals surface area contributed by atoms with Crippen LogP contribution in [0.4, 0.5) is 4.79 Å². The monoisotopic (exact) mass is 524 g/mol. The van der Waals surface area contributed by atoms with E-state index in [2.05, 4.69) is 15.9 Å². The average Bonchev–Trinajstić information content (AvgIpc) is 2.96. The molecule has 0 atom stereocenters. The van der Waals surface area contributed by atoms with Crippen molar-refractivity contribution in [3.05, 3.63) is 61.9 Å². The van der Waals surface area contributed by atoms with Crippen LogP contribution in [-0.2, 0) is 16.2 Å². The Kier molecular flexibility index (Phi) is 7.64. The number of rotatable bonds is 8. The Labute approximate surface area is 196 Å². The minimum absolute atomic E-state index is 0.185. The first-order valence-corrected chi connectivity index (χ1v) is 11.1. The van der Waals surface area contributed by atoms with Crippen LogP contribution in [0.3, 0.4) is 0 Å². The molecule has 1 aliphatic heterocycles. The zero-order valence-corrected chi connectivity index (χ0v) is 19.6. The second-order valence-corrected chi connectivity index (χ2v) is 8.63. The number of benzene rings is 2. The summed E-state index contributed by atoms with van der Waals surface area (Å²) >= 11 is 10.4. The van der Waals surface area contributed by atoms with Gasteiger partial charge >= 0.3 is 0 Å². The molecule has 0 aromatic heterocycles. The van der Waals surface area contributed by atoms with Gasteiger partial charge in [-0.1, -0.05) is 29.8 Å². The molecule has 10 heteroatoms. The van der Waals surface area contributed by atoms with Crippen LogP contribution >= 0.6 is 39.3 Å². The van der Waals surface area contributed by atoms with Gasteiger partial charge in [-0.15, -0.1) is 0 Å². The van der Waals surface area contributed by atoms with E-state index in [1.165, 1.54) is 0 Å². The van der Waals surface area contributed by atoms with E-state index in [0.29, 0.717) is 33.2 Å². The second kappa shape index (κ2) is 10.2. The molecule has 0 aliphatic carbocycles. The first-order chi connectivity index (χ1) is 14.8. The summed E-state index contributed by atoms with van der Waals surface area (Å²) in [6.45, 7) is 2.02. The molecular formula is C21H18BrClN2O5S. The Bertz CT molecular complexity index is 1080. The highest BCUT2D eigenvalue weighted by Gasteiger charge is 2.35. The van der Waals surface area contributed by atoms with Crippen molar-refractivity contribution >= 4 is 62.4 Å². The molecule has 0 bridgehead atoms. The number of thioether (sulfide) groups is 1. The Balaban J connectivity index is 1.87. The van der Waals surface area contributed by atoms with Crippen LogP contribution in [0.1, 0.15) is 18.1 Å². The number of hydrogen-bond donors (Lipinski definition) is 1. The number of carbonyl (C=O) groups excluding carboxylic acids is 3. The Hall–Kier alpha value is -2.49. The molecule has 1 aliphatic rings. The normalized spacial score (nSPS) is 14.9. The lowest BCUT2D eigenvalue weighted by Gasteiger charge is -2.15. The minimum atomic E-state index is -0.759. The topological polar surface area (TPSA) is 98.9 Å². The van der Waals surface area contributed by atoms with Gasteiger partial charge < -0.3 is 15.2 Å². The van der Waals surface area contributed by atoms with Crippen LogP contribution in [0.25, 0.3) is 6.08 Å². The molecule has 0 radical (unpaired) electrons. The Morgan fingerprint density at radius 2 is 2.00 bits per heavy atom. The molecule has 7 nitrogen and oxygen atoms in total. The SMILES string of the molecule is CCOc1cc(/C=C2\SC(=O)N(CC(N)=O)C2=O)cc(Br)c1OCc1ccccc1Cl. The van der Waals surface area contributed by atoms with Gasteiger partial charge in [-0.2, -0.15) is 0 Å². The molecule has 1 fully saturated rings. The van der Waals surface area contributed by atoms with Crippen molar-refractivity contribution in [1.82, 2.24) is 4.90 Å². The van der Waals surface area contributed by atoms with E-state index in [4.69, 9.17) is 26.8 Å². The Morgan fingerprint density at radius 3 is 2.68 bits per heavy atom. The van der Waals surface area contributed by atoms with Gasteiger partial charge in [-0.05, 0) is 64.5 Å². The summed E-state index contributed by atoms with van der Waals surface area (Å²) < 4.78 is 12.3. The maximum Gasteiger partial charge on any atom is 0.294 e. The van der Waals surface area contributed by atoms with Crippen molar-refractivity contribution < 1.29 is 23.9 Å². The first kappa shape index (κ1) is 23.2. The molecule has 0 spiro atoms. The summed E-state index contributed by atoms with van der Waals surface area (Å²) in [5, 5.41) is 0.0544. The van der Waals surface area contributed by atoms with E-state index in [9.17, 15) is 14.4 Å². The maximum absolute atomic E-state index is 12.4. The zero-order valence-electron chi connectivity index (χ0n) is 16.4. The van der Waals surface area contributed by atoms with Gasteiger partial charge in [0.25, 0.3) is 11.1 Å². The number of halogens is 2.